The van der Waals surface area contributed by atoms with Crippen LogP contribution in [0.25, 0.3) is 0 Å². The van der Waals surface area contributed by atoms with E-state index < -0.39 is 5.97 Å². The molecule has 1 amide bonds. The van der Waals surface area contributed by atoms with Gasteiger partial charge in [0.15, 0.2) is 12.4 Å². The quantitative estimate of drug-likeness (QED) is 0.385. The van der Waals surface area contributed by atoms with E-state index in [0.29, 0.717) is 30.2 Å². The van der Waals surface area contributed by atoms with Gasteiger partial charge < -0.3 is 14.2 Å². The number of carbonyl (C=O) groups is 3. The Labute approximate surface area is 146 Å². The highest BCUT2D eigenvalue weighted by atomic mass is 16.6. The first-order valence-corrected chi connectivity index (χ1v) is 8.34. The minimum absolute atomic E-state index is 0.132. The van der Waals surface area contributed by atoms with Crippen LogP contribution in [0.3, 0.4) is 0 Å². The summed E-state index contributed by atoms with van der Waals surface area (Å²) in [5.74, 6) is -0.564. The van der Waals surface area contributed by atoms with Crippen LogP contribution in [-0.2, 0) is 19.1 Å². The van der Waals surface area contributed by atoms with Crippen LogP contribution >= 0.6 is 0 Å². The topological polar surface area (TPSA) is 82.1 Å². The molecule has 136 valence electrons. The van der Waals surface area contributed by atoms with Gasteiger partial charge >= 0.3 is 5.97 Å². The van der Waals surface area contributed by atoms with Crippen LogP contribution in [-0.4, -0.2) is 50.6 Å². The first-order valence-electron chi connectivity index (χ1n) is 8.34. The monoisotopic (exact) mass is 349 g/mol. The number of esters is 1. The average molecular weight is 349 g/mol. The van der Waals surface area contributed by atoms with Crippen LogP contribution in [0.2, 0.25) is 0 Å². The van der Waals surface area contributed by atoms with E-state index >= 15 is 0 Å². The molecular formula is C18H23NO6. The second-order valence-electron chi connectivity index (χ2n) is 5.69. The summed E-state index contributed by atoms with van der Waals surface area (Å²) in [7, 11) is 0. The SMILES string of the molecule is CCCCOCCOC(=O)CN1C(=O)COc2ccc(C(C)=O)cc21. The zero-order valence-corrected chi connectivity index (χ0v) is 14.6. The van der Waals surface area contributed by atoms with Crippen molar-refractivity contribution in [3.63, 3.8) is 0 Å². The molecule has 7 nitrogen and oxygen atoms in total. The summed E-state index contributed by atoms with van der Waals surface area (Å²) in [6.07, 6.45) is 2.01. The van der Waals surface area contributed by atoms with Crippen molar-refractivity contribution in [2.45, 2.75) is 26.7 Å². The molecule has 1 aromatic rings. The van der Waals surface area contributed by atoms with E-state index in [1.165, 1.54) is 11.8 Å². The molecule has 1 heterocycles. The predicted octanol–water partition coefficient (Wildman–Crippen LogP) is 1.97. The van der Waals surface area contributed by atoms with Crippen molar-refractivity contribution in [1.29, 1.82) is 0 Å². The molecule has 0 unspecified atom stereocenters. The van der Waals surface area contributed by atoms with E-state index in [4.69, 9.17) is 14.2 Å². The number of hydrogen-bond donors (Lipinski definition) is 0. The highest BCUT2D eigenvalue weighted by molar-refractivity contribution is 6.03. The molecule has 0 radical (unpaired) electrons. The van der Waals surface area contributed by atoms with E-state index in [1.54, 1.807) is 18.2 Å². The number of unbranched alkanes of at least 4 members (excludes halogenated alkanes) is 1. The van der Waals surface area contributed by atoms with Crippen molar-refractivity contribution >= 4 is 23.3 Å². The van der Waals surface area contributed by atoms with Gasteiger partial charge in [0, 0.05) is 12.2 Å². The summed E-state index contributed by atoms with van der Waals surface area (Å²) in [6.45, 7) is 4.22. The van der Waals surface area contributed by atoms with Crippen molar-refractivity contribution in [3.8, 4) is 5.75 Å². The van der Waals surface area contributed by atoms with Gasteiger partial charge in [-0.1, -0.05) is 13.3 Å². The number of Topliss-reactive ketones (excluding diaryl/α,β-unsaturated/α-hetero) is 1. The zero-order valence-electron chi connectivity index (χ0n) is 14.6. The number of amides is 1. The molecular weight excluding hydrogens is 326 g/mol. The number of nitrogens with zero attached hydrogens (tertiary/aromatic N) is 1. The highest BCUT2D eigenvalue weighted by Gasteiger charge is 2.28. The second kappa shape index (κ2) is 9.17. The summed E-state index contributed by atoms with van der Waals surface area (Å²) in [5, 5.41) is 0. The number of ether oxygens (including phenoxy) is 3. The Hall–Kier alpha value is -2.41. The minimum Gasteiger partial charge on any atom is -0.482 e. The van der Waals surface area contributed by atoms with Crippen LogP contribution in [0, 0.1) is 0 Å². The molecule has 0 atom stereocenters. The fourth-order valence-corrected chi connectivity index (χ4v) is 2.33. The fraction of sp³-hybridized carbons (Fsp3) is 0.500. The number of anilines is 1. The van der Waals surface area contributed by atoms with Crippen molar-refractivity contribution in [1.82, 2.24) is 0 Å². The van der Waals surface area contributed by atoms with Crippen LogP contribution in [0.4, 0.5) is 5.69 Å². The van der Waals surface area contributed by atoms with Gasteiger partial charge in [0.25, 0.3) is 5.91 Å². The standard InChI is InChI=1S/C18H23NO6/c1-3-4-7-23-8-9-24-18(22)11-19-15-10-14(13(2)20)5-6-16(15)25-12-17(19)21/h5-6,10H,3-4,7-9,11-12H2,1-2H3. The second-order valence-corrected chi connectivity index (χ2v) is 5.69. The molecule has 2 rings (SSSR count). The third-order valence-corrected chi connectivity index (χ3v) is 3.73. The van der Waals surface area contributed by atoms with E-state index in [1.807, 2.05) is 0 Å². The molecule has 0 aliphatic carbocycles. The van der Waals surface area contributed by atoms with Gasteiger partial charge in [0.2, 0.25) is 0 Å². The van der Waals surface area contributed by atoms with Gasteiger partial charge in [0.05, 0.1) is 12.3 Å². The molecule has 0 aromatic heterocycles. The molecule has 1 aromatic carbocycles. The lowest BCUT2D eigenvalue weighted by Crippen LogP contribution is -2.42. The van der Waals surface area contributed by atoms with Crippen molar-refractivity contribution in [3.05, 3.63) is 23.8 Å². The Morgan fingerprint density at radius 3 is 2.76 bits per heavy atom. The number of ketones is 1. The molecule has 0 bridgehead atoms. The van der Waals surface area contributed by atoms with Gasteiger partial charge in [-0.05, 0) is 31.5 Å². The van der Waals surface area contributed by atoms with Gasteiger partial charge in [0.1, 0.15) is 18.9 Å². The molecule has 0 spiro atoms. The Morgan fingerprint density at radius 1 is 1.24 bits per heavy atom. The van der Waals surface area contributed by atoms with Gasteiger partial charge in [-0.2, -0.15) is 0 Å². The number of rotatable bonds is 9. The maximum absolute atomic E-state index is 12.1. The molecule has 25 heavy (non-hydrogen) atoms. The van der Waals surface area contributed by atoms with Crippen molar-refractivity contribution < 1.29 is 28.6 Å². The van der Waals surface area contributed by atoms with Gasteiger partial charge in [-0.15, -0.1) is 0 Å². The number of carbonyl (C=O) groups excluding carboxylic acids is 3. The summed E-state index contributed by atoms with van der Waals surface area (Å²) in [6, 6.07) is 4.80. The zero-order chi connectivity index (χ0) is 18.2. The van der Waals surface area contributed by atoms with Crippen LogP contribution < -0.4 is 9.64 Å². The van der Waals surface area contributed by atoms with E-state index in [9.17, 15) is 14.4 Å². The highest BCUT2D eigenvalue weighted by Crippen LogP contribution is 2.33. The van der Waals surface area contributed by atoms with E-state index in [0.717, 1.165) is 12.8 Å². The smallest absolute Gasteiger partial charge is 0.326 e. The molecule has 0 saturated heterocycles. The van der Waals surface area contributed by atoms with Gasteiger partial charge in [-0.25, -0.2) is 0 Å². The maximum Gasteiger partial charge on any atom is 0.326 e. The molecule has 0 saturated carbocycles. The fourth-order valence-electron chi connectivity index (χ4n) is 2.33. The van der Waals surface area contributed by atoms with Crippen LogP contribution in [0.5, 0.6) is 5.75 Å². The molecule has 1 aliphatic rings. The Balaban J connectivity index is 1.95. The molecule has 0 N–H and O–H groups in total. The first kappa shape index (κ1) is 18.9. The molecule has 0 fully saturated rings. The number of benzene rings is 1. The lowest BCUT2D eigenvalue weighted by atomic mass is 10.1. The van der Waals surface area contributed by atoms with E-state index in [-0.39, 0.29) is 31.4 Å². The average Bonchev–Trinajstić information content (AvgIpc) is 2.60. The lowest BCUT2D eigenvalue weighted by molar-refractivity contribution is -0.144. The maximum atomic E-state index is 12.1. The third-order valence-electron chi connectivity index (χ3n) is 3.73. The molecule has 1 aliphatic heterocycles. The van der Waals surface area contributed by atoms with Crippen molar-refractivity contribution in [2.24, 2.45) is 0 Å². The number of hydrogen-bond acceptors (Lipinski definition) is 6. The summed E-state index contributed by atoms with van der Waals surface area (Å²) in [4.78, 5) is 36.9. The van der Waals surface area contributed by atoms with Crippen LogP contribution in [0.1, 0.15) is 37.0 Å². The first-order chi connectivity index (χ1) is 12.0. The normalized spacial score (nSPS) is 13.2. The van der Waals surface area contributed by atoms with Gasteiger partial charge in [-0.3, -0.25) is 19.3 Å². The van der Waals surface area contributed by atoms with E-state index in [2.05, 4.69) is 6.92 Å². The Morgan fingerprint density at radius 2 is 2.04 bits per heavy atom. The van der Waals surface area contributed by atoms with Crippen LogP contribution in [0.15, 0.2) is 18.2 Å². The molecule has 7 heteroatoms. The predicted molar refractivity (Wildman–Crippen MR) is 91.0 cm³/mol. The summed E-state index contributed by atoms with van der Waals surface area (Å²) in [5.41, 5.74) is 0.847. The third kappa shape index (κ3) is 5.29. The summed E-state index contributed by atoms with van der Waals surface area (Å²) < 4.78 is 15.8. The Kier molecular flexibility index (Phi) is 6.94. The lowest BCUT2D eigenvalue weighted by Gasteiger charge is -2.28. The minimum atomic E-state index is -0.534. The largest absolute Gasteiger partial charge is 0.482 e. The van der Waals surface area contributed by atoms with Crippen molar-refractivity contribution in [2.75, 3.05) is 37.9 Å². The Bertz CT molecular complexity index is 642. The number of fused-ring (bicyclic) bond motifs is 1. The summed E-state index contributed by atoms with van der Waals surface area (Å²) >= 11 is 0.